The fourth-order valence-electron chi connectivity index (χ4n) is 2.37. The van der Waals surface area contributed by atoms with Crippen LogP contribution in [0.1, 0.15) is 11.4 Å². The summed E-state index contributed by atoms with van der Waals surface area (Å²) in [5, 5.41) is 3.25. The number of pyridine rings is 1. The number of rotatable bonds is 7. The molecule has 8 heteroatoms. The minimum Gasteiger partial charge on any atom is -0.481 e. The monoisotopic (exact) mass is 354 g/mol. The smallest absolute Gasteiger partial charge is 0.258 e. The number of para-hydroxylation sites is 1. The largest absolute Gasteiger partial charge is 0.481 e. The number of carbonyl (C=O) groups is 1. The molecule has 3 rings (SSSR count). The van der Waals surface area contributed by atoms with Crippen molar-refractivity contribution in [2.75, 3.05) is 13.7 Å². The number of nitrogens with one attached hydrogen (secondary N) is 2. The maximum Gasteiger partial charge on any atom is 0.258 e. The molecule has 0 saturated carbocycles. The minimum absolute atomic E-state index is 0.0383. The molecule has 26 heavy (non-hydrogen) atoms. The Hall–Kier alpha value is -3.26. The number of hydrogen-bond donors (Lipinski definition) is 2. The van der Waals surface area contributed by atoms with Gasteiger partial charge in [0.1, 0.15) is 19.0 Å². The second-order valence-electron chi connectivity index (χ2n) is 5.51. The van der Waals surface area contributed by atoms with Crippen LogP contribution in [-0.4, -0.2) is 34.6 Å². The van der Waals surface area contributed by atoms with E-state index in [-0.39, 0.29) is 24.7 Å². The summed E-state index contributed by atoms with van der Waals surface area (Å²) in [6.45, 7) is 0.238. The van der Waals surface area contributed by atoms with Gasteiger partial charge in [-0.3, -0.25) is 9.59 Å². The predicted molar refractivity (Wildman–Crippen MR) is 94.7 cm³/mol. The third kappa shape index (κ3) is 4.42. The molecule has 8 nitrogen and oxygen atoms in total. The number of benzene rings is 1. The zero-order chi connectivity index (χ0) is 18.4. The SMILES string of the molecule is COc1cc(CNC(=O)COCc2nc3ccccc3c(=O)[nH]2)ccn1. The number of ether oxygens (including phenoxy) is 2. The second-order valence-corrected chi connectivity index (χ2v) is 5.51. The van der Waals surface area contributed by atoms with Crippen molar-refractivity contribution in [3.05, 3.63) is 64.3 Å². The van der Waals surface area contributed by atoms with Crippen molar-refractivity contribution >= 4 is 16.8 Å². The van der Waals surface area contributed by atoms with E-state index in [0.29, 0.717) is 29.2 Å². The second kappa shape index (κ2) is 8.21. The van der Waals surface area contributed by atoms with Crippen molar-refractivity contribution < 1.29 is 14.3 Å². The number of methoxy groups -OCH3 is 1. The lowest BCUT2D eigenvalue weighted by atomic mass is 10.2. The van der Waals surface area contributed by atoms with Crippen molar-refractivity contribution in [2.24, 2.45) is 0 Å². The normalized spacial score (nSPS) is 10.7. The Morgan fingerprint density at radius 1 is 1.27 bits per heavy atom. The number of fused-ring (bicyclic) bond motifs is 1. The van der Waals surface area contributed by atoms with Crippen molar-refractivity contribution in [1.82, 2.24) is 20.3 Å². The van der Waals surface area contributed by atoms with Gasteiger partial charge >= 0.3 is 0 Å². The van der Waals surface area contributed by atoms with E-state index in [1.807, 2.05) is 0 Å². The molecule has 0 spiro atoms. The molecular weight excluding hydrogens is 336 g/mol. The van der Waals surface area contributed by atoms with Crippen molar-refractivity contribution in [3.8, 4) is 5.88 Å². The lowest BCUT2D eigenvalue weighted by Gasteiger charge is -2.07. The maximum absolute atomic E-state index is 12.0. The van der Waals surface area contributed by atoms with Gasteiger partial charge in [0.05, 0.1) is 18.0 Å². The Bertz CT molecular complexity index is 971. The molecule has 0 unspecified atom stereocenters. The third-order valence-electron chi connectivity index (χ3n) is 3.63. The molecule has 0 saturated heterocycles. The Morgan fingerprint density at radius 3 is 2.96 bits per heavy atom. The van der Waals surface area contributed by atoms with E-state index in [1.54, 1.807) is 42.6 Å². The van der Waals surface area contributed by atoms with Gasteiger partial charge < -0.3 is 19.8 Å². The summed E-state index contributed by atoms with van der Waals surface area (Å²) in [5.74, 6) is 0.587. The molecule has 0 aliphatic rings. The van der Waals surface area contributed by atoms with Crippen LogP contribution in [0, 0.1) is 0 Å². The zero-order valence-corrected chi connectivity index (χ0v) is 14.2. The summed E-state index contributed by atoms with van der Waals surface area (Å²) in [6, 6.07) is 10.6. The van der Waals surface area contributed by atoms with E-state index in [1.165, 1.54) is 7.11 Å². The van der Waals surface area contributed by atoms with E-state index in [9.17, 15) is 9.59 Å². The molecule has 0 radical (unpaired) electrons. The van der Waals surface area contributed by atoms with Crippen LogP contribution in [0.25, 0.3) is 10.9 Å². The first-order valence-corrected chi connectivity index (χ1v) is 7.97. The Kier molecular flexibility index (Phi) is 5.55. The van der Waals surface area contributed by atoms with E-state index in [2.05, 4.69) is 20.3 Å². The summed E-state index contributed by atoms with van der Waals surface area (Å²) in [7, 11) is 1.53. The minimum atomic E-state index is -0.274. The van der Waals surface area contributed by atoms with Gasteiger partial charge in [0.25, 0.3) is 5.56 Å². The number of amides is 1. The molecule has 0 aliphatic carbocycles. The van der Waals surface area contributed by atoms with Crippen LogP contribution in [0.15, 0.2) is 47.4 Å². The van der Waals surface area contributed by atoms with Gasteiger partial charge in [-0.15, -0.1) is 0 Å². The van der Waals surface area contributed by atoms with Crippen molar-refractivity contribution in [2.45, 2.75) is 13.2 Å². The van der Waals surface area contributed by atoms with E-state index in [0.717, 1.165) is 5.56 Å². The predicted octanol–water partition coefficient (Wildman–Crippen LogP) is 1.16. The van der Waals surface area contributed by atoms with Crippen molar-refractivity contribution in [1.29, 1.82) is 0 Å². The molecule has 1 amide bonds. The first-order valence-electron chi connectivity index (χ1n) is 7.97. The quantitative estimate of drug-likeness (QED) is 0.659. The Labute approximate surface area is 149 Å². The fraction of sp³-hybridized carbons (Fsp3) is 0.222. The summed E-state index contributed by atoms with van der Waals surface area (Å²) in [5.41, 5.74) is 1.22. The third-order valence-corrected chi connectivity index (χ3v) is 3.63. The molecule has 2 heterocycles. The highest BCUT2D eigenvalue weighted by molar-refractivity contribution is 5.77. The fourth-order valence-corrected chi connectivity index (χ4v) is 2.37. The molecule has 2 N–H and O–H groups in total. The van der Waals surface area contributed by atoms with Gasteiger partial charge in [0, 0.05) is 18.8 Å². The number of carbonyl (C=O) groups excluding carboxylic acids is 1. The lowest BCUT2D eigenvalue weighted by Crippen LogP contribution is -2.27. The zero-order valence-electron chi connectivity index (χ0n) is 14.2. The van der Waals surface area contributed by atoms with Crippen LogP contribution >= 0.6 is 0 Å². The van der Waals surface area contributed by atoms with E-state index in [4.69, 9.17) is 9.47 Å². The summed E-state index contributed by atoms with van der Waals surface area (Å²) in [4.78, 5) is 34.8. The number of aromatic nitrogens is 3. The topological polar surface area (TPSA) is 106 Å². The summed E-state index contributed by atoms with van der Waals surface area (Å²) < 4.78 is 10.4. The van der Waals surface area contributed by atoms with Crippen LogP contribution in [0.5, 0.6) is 5.88 Å². The van der Waals surface area contributed by atoms with Crippen LogP contribution in [0.3, 0.4) is 0 Å². The van der Waals surface area contributed by atoms with Crippen LogP contribution < -0.4 is 15.6 Å². The maximum atomic E-state index is 12.0. The lowest BCUT2D eigenvalue weighted by molar-refractivity contribution is -0.126. The average Bonchev–Trinajstić information content (AvgIpc) is 2.66. The van der Waals surface area contributed by atoms with Crippen molar-refractivity contribution in [3.63, 3.8) is 0 Å². The van der Waals surface area contributed by atoms with Crippen LogP contribution in [0.4, 0.5) is 0 Å². The van der Waals surface area contributed by atoms with E-state index >= 15 is 0 Å². The molecule has 2 aromatic heterocycles. The highest BCUT2D eigenvalue weighted by atomic mass is 16.5. The molecule has 1 aromatic carbocycles. The number of H-pyrrole nitrogens is 1. The highest BCUT2D eigenvalue weighted by Crippen LogP contribution is 2.08. The number of aromatic amines is 1. The molecule has 3 aromatic rings. The van der Waals surface area contributed by atoms with Gasteiger partial charge in [-0.2, -0.15) is 0 Å². The highest BCUT2D eigenvalue weighted by Gasteiger charge is 2.06. The molecule has 0 fully saturated rings. The number of hydrogen-bond acceptors (Lipinski definition) is 6. The van der Waals surface area contributed by atoms with Gasteiger partial charge in [-0.1, -0.05) is 12.1 Å². The molecular formula is C18H18N4O4. The van der Waals surface area contributed by atoms with Gasteiger partial charge in [0.2, 0.25) is 11.8 Å². The summed E-state index contributed by atoms with van der Waals surface area (Å²) in [6.07, 6.45) is 1.61. The first-order chi connectivity index (χ1) is 12.7. The molecule has 0 aliphatic heterocycles. The van der Waals surface area contributed by atoms with Crippen LogP contribution in [-0.2, 0) is 22.7 Å². The van der Waals surface area contributed by atoms with Gasteiger partial charge in [-0.05, 0) is 23.8 Å². The van der Waals surface area contributed by atoms with Gasteiger partial charge in [0.15, 0.2) is 0 Å². The Balaban J connectivity index is 1.50. The Morgan fingerprint density at radius 2 is 2.12 bits per heavy atom. The molecule has 0 atom stereocenters. The van der Waals surface area contributed by atoms with E-state index < -0.39 is 0 Å². The number of nitrogens with zero attached hydrogens (tertiary/aromatic N) is 2. The standard InChI is InChI=1S/C18H18N4O4/c1-25-17-8-12(6-7-19-17)9-20-16(23)11-26-10-15-21-14-5-3-2-4-13(14)18(24)22-15/h2-8H,9-11H2,1H3,(H,20,23)(H,21,22,24). The van der Waals surface area contributed by atoms with Crippen LogP contribution in [0.2, 0.25) is 0 Å². The van der Waals surface area contributed by atoms with Gasteiger partial charge in [-0.25, -0.2) is 9.97 Å². The molecule has 0 bridgehead atoms. The summed E-state index contributed by atoms with van der Waals surface area (Å²) >= 11 is 0. The first kappa shape index (κ1) is 17.6. The average molecular weight is 354 g/mol. The molecule has 134 valence electrons.